The number of benzene rings is 1. The van der Waals surface area contributed by atoms with Gasteiger partial charge < -0.3 is 16.8 Å². The highest BCUT2D eigenvalue weighted by molar-refractivity contribution is 5.92. The Morgan fingerprint density at radius 3 is 2.57 bits per heavy atom. The molecule has 0 fully saturated rings. The van der Waals surface area contributed by atoms with E-state index in [1.54, 1.807) is 24.3 Å². The fraction of sp³-hybridized carbons (Fsp3) is 0.300. The molecule has 4 heteroatoms. The Morgan fingerprint density at radius 2 is 2.07 bits per heavy atom. The Bertz CT molecular complexity index is 286. The standard InChI is InChI=1S/C8H11N3O.C2H6/c9-5-8(12)11-7-3-1-2-6(10)4-7;1-2/h1-4H,5,9-10H2,(H,11,12);1-2H3. The van der Waals surface area contributed by atoms with E-state index in [2.05, 4.69) is 5.32 Å². The molecule has 1 amide bonds. The lowest BCUT2D eigenvalue weighted by atomic mass is 10.3. The van der Waals surface area contributed by atoms with Gasteiger partial charge in [0, 0.05) is 11.4 Å². The third kappa shape index (κ3) is 4.47. The van der Waals surface area contributed by atoms with Gasteiger partial charge in [-0.25, -0.2) is 0 Å². The number of carbonyl (C=O) groups excluding carboxylic acids is 1. The maximum atomic E-state index is 10.8. The van der Waals surface area contributed by atoms with Gasteiger partial charge in [0.25, 0.3) is 0 Å². The van der Waals surface area contributed by atoms with E-state index in [0.29, 0.717) is 11.4 Å². The van der Waals surface area contributed by atoms with Gasteiger partial charge in [0.05, 0.1) is 6.54 Å². The Hall–Kier alpha value is -1.55. The van der Waals surface area contributed by atoms with Gasteiger partial charge in [-0.2, -0.15) is 0 Å². The SMILES string of the molecule is CC.NCC(=O)Nc1cccc(N)c1. The molecular formula is C10H17N3O. The van der Waals surface area contributed by atoms with Crippen molar-refractivity contribution >= 4 is 17.3 Å². The van der Waals surface area contributed by atoms with Crippen molar-refractivity contribution in [1.82, 2.24) is 0 Å². The number of anilines is 2. The van der Waals surface area contributed by atoms with Crippen LogP contribution in [-0.2, 0) is 4.79 Å². The molecule has 0 heterocycles. The number of carbonyl (C=O) groups is 1. The maximum absolute atomic E-state index is 10.8. The highest BCUT2D eigenvalue weighted by Gasteiger charge is 1.97. The van der Waals surface area contributed by atoms with Crippen molar-refractivity contribution in [2.45, 2.75) is 13.8 Å². The van der Waals surface area contributed by atoms with E-state index in [-0.39, 0.29) is 12.5 Å². The second-order valence-corrected chi connectivity index (χ2v) is 2.38. The topological polar surface area (TPSA) is 81.1 Å². The first-order valence-electron chi connectivity index (χ1n) is 4.58. The van der Waals surface area contributed by atoms with Crippen molar-refractivity contribution in [3.05, 3.63) is 24.3 Å². The number of nitrogens with one attached hydrogen (secondary N) is 1. The molecule has 4 nitrogen and oxygen atoms in total. The molecule has 0 atom stereocenters. The van der Waals surface area contributed by atoms with E-state index in [4.69, 9.17) is 11.5 Å². The number of rotatable bonds is 2. The molecule has 1 aromatic carbocycles. The predicted molar refractivity (Wildman–Crippen MR) is 59.9 cm³/mol. The summed E-state index contributed by atoms with van der Waals surface area (Å²) in [5.41, 5.74) is 11.9. The van der Waals surface area contributed by atoms with Gasteiger partial charge in [-0.1, -0.05) is 19.9 Å². The molecule has 0 aliphatic heterocycles. The predicted octanol–water partition coefficient (Wildman–Crippen LogP) is 1.19. The van der Waals surface area contributed by atoms with Gasteiger partial charge in [-0.05, 0) is 18.2 Å². The summed E-state index contributed by atoms with van der Waals surface area (Å²) in [6, 6.07) is 6.94. The van der Waals surface area contributed by atoms with Gasteiger partial charge in [0.15, 0.2) is 0 Å². The highest BCUT2D eigenvalue weighted by atomic mass is 16.1. The maximum Gasteiger partial charge on any atom is 0.238 e. The Balaban J connectivity index is 0.000000791. The average Bonchev–Trinajstić information content (AvgIpc) is 2.21. The lowest BCUT2D eigenvalue weighted by Crippen LogP contribution is -2.21. The van der Waals surface area contributed by atoms with Crippen LogP contribution >= 0.6 is 0 Å². The molecule has 0 spiro atoms. The molecule has 0 aliphatic rings. The van der Waals surface area contributed by atoms with Gasteiger partial charge in [0.2, 0.25) is 5.91 Å². The van der Waals surface area contributed by atoms with Gasteiger partial charge in [-0.3, -0.25) is 4.79 Å². The summed E-state index contributed by atoms with van der Waals surface area (Å²) < 4.78 is 0. The molecule has 78 valence electrons. The molecule has 0 saturated carbocycles. The van der Waals surface area contributed by atoms with Gasteiger partial charge >= 0.3 is 0 Å². The number of nitrogens with two attached hydrogens (primary N) is 2. The van der Waals surface area contributed by atoms with Crippen LogP contribution in [0.1, 0.15) is 13.8 Å². The van der Waals surface area contributed by atoms with E-state index >= 15 is 0 Å². The molecule has 1 rings (SSSR count). The summed E-state index contributed by atoms with van der Waals surface area (Å²) in [7, 11) is 0. The lowest BCUT2D eigenvalue weighted by molar-refractivity contribution is -0.114. The number of amides is 1. The first-order valence-corrected chi connectivity index (χ1v) is 4.58. The molecule has 0 radical (unpaired) electrons. The smallest absolute Gasteiger partial charge is 0.238 e. The van der Waals surface area contributed by atoms with Crippen LogP contribution in [0.4, 0.5) is 11.4 Å². The normalized spacial score (nSPS) is 8.50. The Morgan fingerprint density at radius 1 is 1.43 bits per heavy atom. The van der Waals surface area contributed by atoms with Crippen LogP contribution in [0.15, 0.2) is 24.3 Å². The van der Waals surface area contributed by atoms with Crippen LogP contribution in [0.2, 0.25) is 0 Å². The molecule has 0 saturated heterocycles. The number of hydrogen-bond acceptors (Lipinski definition) is 3. The monoisotopic (exact) mass is 195 g/mol. The van der Waals surface area contributed by atoms with Gasteiger partial charge in [-0.15, -0.1) is 0 Å². The molecule has 1 aromatic rings. The summed E-state index contributed by atoms with van der Waals surface area (Å²) in [6.07, 6.45) is 0. The molecular weight excluding hydrogens is 178 g/mol. The van der Waals surface area contributed by atoms with E-state index in [1.165, 1.54) is 0 Å². The van der Waals surface area contributed by atoms with Crippen LogP contribution in [0.5, 0.6) is 0 Å². The summed E-state index contributed by atoms with van der Waals surface area (Å²) in [6.45, 7) is 3.98. The van der Waals surface area contributed by atoms with Crippen molar-refractivity contribution in [3.63, 3.8) is 0 Å². The van der Waals surface area contributed by atoms with Crippen LogP contribution in [0.3, 0.4) is 0 Å². The second-order valence-electron chi connectivity index (χ2n) is 2.38. The summed E-state index contributed by atoms with van der Waals surface area (Å²) in [5.74, 6) is -0.222. The van der Waals surface area contributed by atoms with Crippen LogP contribution in [0, 0.1) is 0 Å². The fourth-order valence-electron chi connectivity index (χ4n) is 0.828. The molecule has 0 unspecified atom stereocenters. The van der Waals surface area contributed by atoms with Crippen molar-refractivity contribution in [2.24, 2.45) is 5.73 Å². The average molecular weight is 195 g/mol. The fourth-order valence-corrected chi connectivity index (χ4v) is 0.828. The zero-order valence-corrected chi connectivity index (χ0v) is 8.58. The van der Waals surface area contributed by atoms with Crippen LogP contribution in [0.25, 0.3) is 0 Å². The van der Waals surface area contributed by atoms with E-state index in [9.17, 15) is 4.79 Å². The first-order chi connectivity index (χ1) is 6.72. The highest BCUT2D eigenvalue weighted by Crippen LogP contribution is 2.10. The summed E-state index contributed by atoms with van der Waals surface area (Å²) in [4.78, 5) is 10.8. The zero-order valence-electron chi connectivity index (χ0n) is 8.58. The quantitative estimate of drug-likeness (QED) is 0.620. The minimum absolute atomic E-state index is 0.0190. The minimum Gasteiger partial charge on any atom is -0.399 e. The second kappa shape index (κ2) is 6.91. The van der Waals surface area contributed by atoms with Crippen molar-refractivity contribution in [3.8, 4) is 0 Å². The summed E-state index contributed by atoms with van der Waals surface area (Å²) >= 11 is 0. The molecule has 5 N–H and O–H groups in total. The van der Waals surface area contributed by atoms with E-state index in [0.717, 1.165) is 0 Å². The first kappa shape index (κ1) is 12.4. The minimum atomic E-state index is -0.222. The van der Waals surface area contributed by atoms with Crippen molar-refractivity contribution in [1.29, 1.82) is 0 Å². The molecule has 0 aromatic heterocycles. The third-order valence-electron chi connectivity index (χ3n) is 1.36. The number of hydrogen-bond donors (Lipinski definition) is 3. The molecule has 0 bridgehead atoms. The third-order valence-corrected chi connectivity index (χ3v) is 1.36. The number of nitrogen functional groups attached to an aromatic ring is 1. The van der Waals surface area contributed by atoms with Crippen molar-refractivity contribution in [2.75, 3.05) is 17.6 Å². The zero-order chi connectivity index (χ0) is 11.0. The Kier molecular flexibility index (Phi) is 6.15. The van der Waals surface area contributed by atoms with E-state index in [1.807, 2.05) is 13.8 Å². The molecule has 0 aliphatic carbocycles. The largest absolute Gasteiger partial charge is 0.399 e. The summed E-state index contributed by atoms with van der Waals surface area (Å²) in [5, 5.41) is 2.59. The van der Waals surface area contributed by atoms with Gasteiger partial charge in [0.1, 0.15) is 0 Å². The lowest BCUT2D eigenvalue weighted by Gasteiger charge is -2.02. The van der Waals surface area contributed by atoms with E-state index < -0.39 is 0 Å². The Labute approximate surface area is 84.3 Å². The molecule has 14 heavy (non-hydrogen) atoms. The van der Waals surface area contributed by atoms with Crippen LogP contribution < -0.4 is 16.8 Å². The van der Waals surface area contributed by atoms with Crippen LogP contribution in [-0.4, -0.2) is 12.5 Å². The van der Waals surface area contributed by atoms with Crippen molar-refractivity contribution < 1.29 is 4.79 Å².